The van der Waals surface area contributed by atoms with Crippen LogP contribution in [0, 0.1) is 5.92 Å². The summed E-state index contributed by atoms with van der Waals surface area (Å²) in [4.78, 5) is 13.6. The van der Waals surface area contributed by atoms with E-state index in [0.29, 0.717) is 25.3 Å². The lowest BCUT2D eigenvalue weighted by atomic mass is 9.92. The van der Waals surface area contributed by atoms with Crippen molar-refractivity contribution >= 4 is 6.29 Å². The minimum atomic E-state index is -0.583. The molecule has 5 nitrogen and oxygen atoms in total. The number of hydrogen-bond acceptors (Lipinski definition) is 3. The van der Waals surface area contributed by atoms with Gasteiger partial charge in [0.25, 0.3) is 0 Å². The van der Waals surface area contributed by atoms with Gasteiger partial charge in [0.1, 0.15) is 5.60 Å². The second kappa shape index (κ2) is 5.14. The quantitative estimate of drug-likeness (QED) is 0.162. The molecule has 0 amide bonds. The summed E-state index contributed by atoms with van der Waals surface area (Å²) in [5.41, 5.74) is 7.52. The van der Waals surface area contributed by atoms with Crippen molar-refractivity contribution in [3.63, 3.8) is 0 Å². The molecule has 1 fully saturated rings. The summed E-state index contributed by atoms with van der Waals surface area (Å²) in [6, 6.07) is 0. The van der Waals surface area contributed by atoms with Crippen molar-refractivity contribution in [3.8, 4) is 0 Å². The fraction of sp³-hybridized carbons (Fsp3) is 0.900. The van der Waals surface area contributed by atoms with Crippen molar-refractivity contribution in [3.05, 3.63) is 10.4 Å². The van der Waals surface area contributed by atoms with Crippen molar-refractivity contribution in [1.29, 1.82) is 0 Å². The molecule has 0 aromatic carbocycles. The first-order valence-electron chi connectivity index (χ1n) is 5.35. The Morgan fingerprint density at radius 2 is 2.47 bits per heavy atom. The van der Waals surface area contributed by atoms with Gasteiger partial charge in [-0.3, -0.25) is 0 Å². The summed E-state index contributed by atoms with van der Waals surface area (Å²) < 4.78 is 5.48. The molecule has 0 bridgehead atoms. The Bertz CT molecular complexity index is 276. The molecule has 1 aliphatic heterocycles. The Morgan fingerprint density at radius 1 is 1.73 bits per heavy atom. The second-order valence-corrected chi connectivity index (χ2v) is 4.05. The molecule has 1 saturated heterocycles. The molecule has 0 aromatic heterocycles. The van der Waals surface area contributed by atoms with Crippen LogP contribution in [0.15, 0.2) is 5.11 Å². The minimum Gasteiger partial charge on any atom is -0.358 e. The predicted molar refractivity (Wildman–Crippen MR) is 56.4 cm³/mol. The van der Waals surface area contributed by atoms with Crippen LogP contribution in [0.2, 0.25) is 0 Å². The standard InChI is InChI=1S/C10H17N3O2/c1-3-8(2)9-10(7-14,15-9)5-4-6-12-13-11/h7-9H,3-6H2,1-2H3/t8-,9-,10-/m0/s1. The van der Waals surface area contributed by atoms with Crippen LogP contribution in [0.5, 0.6) is 0 Å². The maximum absolute atomic E-state index is 11.0. The summed E-state index contributed by atoms with van der Waals surface area (Å²) in [7, 11) is 0. The normalized spacial score (nSPS) is 30.4. The number of epoxide rings is 1. The fourth-order valence-corrected chi connectivity index (χ4v) is 1.84. The average molecular weight is 211 g/mol. The SMILES string of the molecule is CC[C@H](C)[C@@H]1O[C@]1(C=O)CCCN=[N+]=[N-]. The molecular formula is C10H17N3O2. The molecule has 1 rings (SSSR count). The van der Waals surface area contributed by atoms with Gasteiger partial charge in [-0.15, -0.1) is 0 Å². The highest BCUT2D eigenvalue weighted by Crippen LogP contribution is 2.44. The van der Waals surface area contributed by atoms with Crippen LogP contribution in [0.25, 0.3) is 10.4 Å². The van der Waals surface area contributed by atoms with Gasteiger partial charge in [0.2, 0.25) is 0 Å². The van der Waals surface area contributed by atoms with Gasteiger partial charge in [0, 0.05) is 11.5 Å². The van der Waals surface area contributed by atoms with Gasteiger partial charge in [0.15, 0.2) is 6.29 Å². The number of azide groups is 1. The second-order valence-electron chi connectivity index (χ2n) is 4.05. The highest BCUT2D eigenvalue weighted by molar-refractivity contribution is 5.67. The molecule has 0 saturated carbocycles. The smallest absolute Gasteiger partial charge is 0.154 e. The zero-order valence-electron chi connectivity index (χ0n) is 9.22. The molecule has 0 aromatic rings. The Morgan fingerprint density at radius 3 is 3.00 bits per heavy atom. The van der Waals surface area contributed by atoms with Crippen molar-refractivity contribution in [2.45, 2.75) is 44.8 Å². The summed E-state index contributed by atoms with van der Waals surface area (Å²) in [5, 5.41) is 3.44. The molecule has 0 aliphatic carbocycles. The van der Waals surface area contributed by atoms with Crippen molar-refractivity contribution < 1.29 is 9.53 Å². The number of aldehydes is 1. The molecule has 0 N–H and O–H groups in total. The van der Waals surface area contributed by atoms with Crippen LogP contribution in [-0.2, 0) is 9.53 Å². The fourth-order valence-electron chi connectivity index (χ4n) is 1.84. The Balaban J connectivity index is 2.38. The third-order valence-electron chi connectivity index (χ3n) is 3.02. The molecular weight excluding hydrogens is 194 g/mol. The largest absolute Gasteiger partial charge is 0.358 e. The molecule has 3 atom stereocenters. The first-order valence-corrected chi connectivity index (χ1v) is 5.35. The average Bonchev–Trinajstić information content (AvgIpc) is 2.99. The van der Waals surface area contributed by atoms with E-state index in [2.05, 4.69) is 23.9 Å². The van der Waals surface area contributed by atoms with Gasteiger partial charge >= 0.3 is 0 Å². The number of ether oxygens (including phenoxy) is 1. The van der Waals surface area contributed by atoms with Crippen molar-refractivity contribution in [2.24, 2.45) is 11.0 Å². The third-order valence-corrected chi connectivity index (χ3v) is 3.02. The third kappa shape index (κ3) is 2.70. The molecule has 1 heterocycles. The van der Waals surface area contributed by atoms with E-state index in [1.54, 1.807) is 0 Å². The van der Waals surface area contributed by atoms with Crippen LogP contribution >= 0.6 is 0 Å². The van der Waals surface area contributed by atoms with Gasteiger partial charge in [0.05, 0.1) is 6.10 Å². The summed E-state index contributed by atoms with van der Waals surface area (Å²) >= 11 is 0. The first kappa shape index (κ1) is 12.0. The summed E-state index contributed by atoms with van der Waals surface area (Å²) in [6.07, 6.45) is 3.34. The number of hydrogen-bond donors (Lipinski definition) is 0. The van der Waals surface area contributed by atoms with E-state index < -0.39 is 5.60 Å². The number of rotatable bonds is 7. The van der Waals surface area contributed by atoms with Crippen LogP contribution in [0.4, 0.5) is 0 Å². The van der Waals surface area contributed by atoms with Gasteiger partial charge in [-0.2, -0.15) is 0 Å². The molecule has 84 valence electrons. The van der Waals surface area contributed by atoms with E-state index in [1.807, 2.05) is 0 Å². The monoisotopic (exact) mass is 211 g/mol. The summed E-state index contributed by atoms with van der Waals surface area (Å²) in [5.74, 6) is 0.412. The Labute approximate surface area is 89.4 Å². The molecule has 1 aliphatic rings. The van der Waals surface area contributed by atoms with Crippen LogP contribution in [0.3, 0.4) is 0 Å². The van der Waals surface area contributed by atoms with Crippen LogP contribution in [0.1, 0.15) is 33.1 Å². The van der Waals surface area contributed by atoms with E-state index in [0.717, 1.165) is 12.7 Å². The van der Waals surface area contributed by atoms with Crippen LogP contribution in [-0.4, -0.2) is 24.5 Å². The lowest BCUT2D eigenvalue weighted by molar-refractivity contribution is -0.112. The molecule has 0 unspecified atom stereocenters. The lowest BCUT2D eigenvalue weighted by Gasteiger charge is -2.07. The number of carbonyl (C=O) groups is 1. The molecule has 0 spiro atoms. The molecule has 5 heteroatoms. The molecule has 0 radical (unpaired) electrons. The van der Waals surface area contributed by atoms with E-state index in [1.165, 1.54) is 0 Å². The minimum absolute atomic E-state index is 0.0612. The Kier molecular flexibility index (Phi) is 4.12. The van der Waals surface area contributed by atoms with Gasteiger partial charge < -0.3 is 9.53 Å². The van der Waals surface area contributed by atoms with Gasteiger partial charge in [-0.05, 0) is 24.3 Å². The summed E-state index contributed by atoms with van der Waals surface area (Å²) in [6.45, 7) is 4.61. The van der Waals surface area contributed by atoms with Gasteiger partial charge in [-0.1, -0.05) is 25.4 Å². The van der Waals surface area contributed by atoms with Gasteiger partial charge in [-0.25, -0.2) is 0 Å². The number of nitrogens with zero attached hydrogens (tertiary/aromatic N) is 3. The van der Waals surface area contributed by atoms with Crippen molar-refractivity contribution in [2.75, 3.05) is 6.54 Å². The topological polar surface area (TPSA) is 78.4 Å². The zero-order chi connectivity index (χ0) is 11.3. The maximum Gasteiger partial charge on any atom is 0.154 e. The highest BCUT2D eigenvalue weighted by atomic mass is 16.6. The lowest BCUT2D eigenvalue weighted by Crippen LogP contribution is -2.21. The Hall–Kier alpha value is -1.06. The maximum atomic E-state index is 11.0. The highest BCUT2D eigenvalue weighted by Gasteiger charge is 2.57. The number of carbonyl (C=O) groups excluding carboxylic acids is 1. The first-order chi connectivity index (χ1) is 7.20. The van der Waals surface area contributed by atoms with Crippen molar-refractivity contribution in [1.82, 2.24) is 0 Å². The van der Waals surface area contributed by atoms with E-state index in [9.17, 15) is 4.79 Å². The molecule has 15 heavy (non-hydrogen) atoms. The zero-order valence-corrected chi connectivity index (χ0v) is 9.22. The van der Waals surface area contributed by atoms with E-state index in [4.69, 9.17) is 10.3 Å². The van der Waals surface area contributed by atoms with E-state index in [-0.39, 0.29) is 6.10 Å². The predicted octanol–water partition coefficient (Wildman–Crippen LogP) is 2.46. The van der Waals surface area contributed by atoms with Crippen LogP contribution < -0.4 is 0 Å². The van der Waals surface area contributed by atoms with E-state index >= 15 is 0 Å².